The van der Waals surface area contributed by atoms with Crippen LogP contribution in [0.5, 0.6) is 0 Å². The molecule has 3 rings (SSSR count). The molecule has 0 aromatic carbocycles. The molecular weight excluding hydrogens is 281 g/mol. The predicted molar refractivity (Wildman–Crippen MR) is 64.5 cm³/mol. The number of anilines is 1. The van der Waals surface area contributed by atoms with Crippen LogP contribution in [0, 0.1) is 0 Å². The monoisotopic (exact) mass is 290 g/mol. The summed E-state index contributed by atoms with van der Waals surface area (Å²) in [6.45, 7) is 1.27. The zero-order valence-corrected chi connectivity index (χ0v) is 10.5. The number of fused-ring (bicyclic) bond motifs is 1. The molecule has 0 saturated carbocycles. The van der Waals surface area contributed by atoms with Crippen molar-refractivity contribution in [3.8, 4) is 0 Å². The zero-order valence-electron chi connectivity index (χ0n) is 9.73. The largest absolute Gasteiger partial charge is 0.435 e. The van der Waals surface area contributed by atoms with Crippen LogP contribution in [-0.2, 0) is 6.18 Å². The van der Waals surface area contributed by atoms with Gasteiger partial charge in [0.2, 0.25) is 0 Å². The average molecular weight is 291 g/mol. The van der Waals surface area contributed by atoms with Gasteiger partial charge in [-0.25, -0.2) is 9.50 Å². The average Bonchev–Trinajstić information content (AvgIpc) is 2.93. The molecule has 1 aliphatic rings. The van der Waals surface area contributed by atoms with Crippen LogP contribution in [-0.4, -0.2) is 33.1 Å². The third-order valence-electron chi connectivity index (χ3n) is 3.09. The number of rotatable bonds is 1. The van der Waals surface area contributed by atoms with Crippen LogP contribution < -0.4 is 4.90 Å². The Kier molecular flexibility index (Phi) is 2.81. The maximum Gasteiger partial charge on any atom is 0.435 e. The molecule has 1 unspecified atom stereocenters. The second-order valence-corrected chi connectivity index (χ2v) is 5.06. The summed E-state index contributed by atoms with van der Waals surface area (Å²) in [5, 5.41) is 3.53. The standard InChI is InChI=1S/C11H10ClF3N4/c12-7-1-3-18(6-7)10-8-5-9(11(13,14)15)17-19(8)4-2-16-10/h2,4-5,7H,1,3,6H2. The minimum Gasteiger partial charge on any atom is -0.353 e. The van der Waals surface area contributed by atoms with Gasteiger partial charge in [-0.05, 0) is 6.42 Å². The third kappa shape index (κ3) is 2.22. The SMILES string of the molecule is FC(F)(F)c1cc2c(N3CCC(Cl)C3)nccn2n1. The van der Waals surface area contributed by atoms with E-state index in [0.717, 1.165) is 12.5 Å². The molecule has 1 fully saturated rings. The Morgan fingerprint density at radius 1 is 1.37 bits per heavy atom. The summed E-state index contributed by atoms with van der Waals surface area (Å²) in [6, 6.07) is 1.02. The van der Waals surface area contributed by atoms with E-state index in [1.54, 1.807) is 0 Å². The molecule has 102 valence electrons. The zero-order chi connectivity index (χ0) is 13.6. The summed E-state index contributed by atoms with van der Waals surface area (Å²) in [5.41, 5.74) is -0.566. The van der Waals surface area contributed by atoms with Gasteiger partial charge in [0.15, 0.2) is 11.5 Å². The fourth-order valence-electron chi connectivity index (χ4n) is 2.20. The molecule has 19 heavy (non-hydrogen) atoms. The first-order valence-corrected chi connectivity index (χ1v) is 6.19. The fourth-order valence-corrected chi connectivity index (χ4v) is 2.46. The minimum absolute atomic E-state index is 0.00654. The van der Waals surface area contributed by atoms with Gasteiger partial charge in [-0.15, -0.1) is 11.6 Å². The van der Waals surface area contributed by atoms with E-state index < -0.39 is 11.9 Å². The van der Waals surface area contributed by atoms with Gasteiger partial charge in [-0.2, -0.15) is 18.3 Å². The molecule has 2 aromatic rings. The smallest absolute Gasteiger partial charge is 0.353 e. The molecule has 3 heterocycles. The van der Waals surface area contributed by atoms with Crippen LogP contribution in [0.25, 0.3) is 5.52 Å². The van der Waals surface area contributed by atoms with Gasteiger partial charge in [0.05, 0.1) is 5.38 Å². The van der Waals surface area contributed by atoms with E-state index >= 15 is 0 Å². The van der Waals surface area contributed by atoms with E-state index in [9.17, 15) is 13.2 Å². The lowest BCUT2D eigenvalue weighted by molar-refractivity contribution is -0.141. The van der Waals surface area contributed by atoms with Crippen molar-refractivity contribution in [3.05, 3.63) is 24.2 Å². The van der Waals surface area contributed by atoms with Crippen LogP contribution in [0.15, 0.2) is 18.5 Å². The van der Waals surface area contributed by atoms with Crippen LogP contribution in [0.3, 0.4) is 0 Å². The molecule has 0 amide bonds. The number of hydrogen-bond acceptors (Lipinski definition) is 3. The van der Waals surface area contributed by atoms with Crippen molar-refractivity contribution in [2.75, 3.05) is 18.0 Å². The van der Waals surface area contributed by atoms with Crippen LogP contribution in [0.4, 0.5) is 19.0 Å². The lowest BCUT2D eigenvalue weighted by atomic mass is 10.3. The van der Waals surface area contributed by atoms with E-state index in [4.69, 9.17) is 11.6 Å². The Labute approximate surface area is 111 Å². The van der Waals surface area contributed by atoms with Gasteiger partial charge in [0.25, 0.3) is 0 Å². The minimum atomic E-state index is -4.46. The highest BCUT2D eigenvalue weighted by molar-refractivity contribution is 6.21. The molecular formula is C11H10ClF3N4. The molecule has 2 aromatic heterocycles. The molecule has 1 atom stereocenters. The van der Waals surface area contributed by atoms with Crippen molar-refractivity contribution in [1.82, 2.24) is 14.6 Å². The molecule has 0 radical (unpaired) electrons. The highest BCUT2D eigenvalue weighted by atomic mass is 35.5. The van der Waals surface area contributed by atoms with Crippen molar-refractivity contribution in [1.29, 1.82) is 0 Å². The van der Waals surface area contributed by atoms with Crippen molar-refractivity contribution in [2.45, 2.75) is 18.0 Å². The lowest BCUT2D eigenvalue weighted by Gasteiger charge is -2.16. The number of nitrogens with zero attached hydrogens (tertiary/aromatic N) is 4. The summed E-state index contributed by atoms with van der Waals surface area (Å²) >= 11 is 6.01. The number of aromatic nitrogens is 3. The quantitative estimate of drug-likeness (QED) is 0.757. The maximum absolute atomic E-state index is 12.7. The van der Waals surface area contributed by atoms with E-state index in [-0.39, 0.29) is 5.38 Å². The Bertz CT molecular complexity index is 609. The lowest BCUT2D eigenvalue weighted by Crippen LogP contribution is -2.21. The second-order valence-electron chi connectivity index (χ2n) is 4.44. The Morgan fingerprint density at radius 3 is 2.79 bits per heavy atom. The highest BCUT2D eigenvalue weighted by Gasteiger charge is 2.35. The van der Waals surface area contributed by atoms with Gasteiger partial charge in [-0.1, -0.05) is 0 Å². The molecule has 0 N–H and O–H groups in total. The molecule has 0 spiro atoms. The van der Waals surface area contributed by atoms with E-state index in [2.05, 4.69) is 10.1 Å². The number of hydrogen-bond donors (Lipinski definition) is 0. The Morgan fingerprint density at radius 2 is 2.16 bits per heavy atom. The van der Waals surface area contributed by atoms with Gasteiger partial charge in [0.1, 0.15) is 5.52 Å². The van der Waals surface area contributed by atoms with Crippen LogP contribution in [0.1, 0.15) is 12.1 Å². The van der Waals surface area contributed by atoms with Crippen LogP contribution >= 0.6 is 11.6 Å². The summed E-state index contributed by atoms with van der Waals surface area (Å²) < 4.78 is 39.2. The highest BCUT2D eigenvalue weighted by Crippen LogP contribution is 2.31. The topological polar surface area (TPSA) is 33.4 Å². The summed E-state index contributed by atoms with van der Waals surface area (Å²) in [6.07, 6.45) is -0.812. The summed E-state index contributed by atoms with van der Waals surface area (Å²) in [5.74, 6) is 0.494. The molecule has 8 heteroatoms. The first-order chi connectivity index (χ1) is 8.95. The number of halogens is 4. The van der Waals surface area contributed by atoms with Crippen LogP contribution in [0.2, 0.25) is 0 Å². The van der Waals surface area contributed by atoms with E-state index in [1.165, 1.54) is 16.9 Å². The van der Waals surface area contributed by atoms with Gasteiger partial charge >= 0.3 is 6.18 Å². The summed E-state index contributed by atoms with van der Waals surface area (Å²) in [7, 11) is 0. The molecule has 1 saturated heterocycles. The third-order valence-corrected chi connectivity index (χ3v) is 3.45. The second kappa shape index (κ2) is 4.26. The van der Waals surface area contributed by atoms with Gasteiger partial charge < -0.3 is 4.90 Å². The predicted octanol–water partition coefficient (Wildman–Crippen LogP) is 2.57. The normalized spacial score (nSPS) is 20.4. The number of alkyl halides is 4. The Hall–Kier alpha value is -1.50. The van der Waals surface area contributed by atoms with E-state index in [1.807, 2.05) is 4.90 Å². The molecule has 0 bridgehead atoms. The first-order valence-electron chi connectivity index (χ1n) is 5.76. The molecule has 0 aliphatic carbocycles. The van der Waals surface area contributed by atoms with Crippen molar-refractivity contribution in [3.63, 3.8) is 0 Å². The molecule has 4 nitrogen and oxygen atoms in total. The van der Waals surface area contributed by atoms with Crippen molar-refractivity contribution >= 4 is 22.9 Å². The van der Waals surface area contributed by atoms with Gasteiger partial charge in [0, 0.05) is 31.5 Å². The van der Waals surface area contributed by atoms with Crippen molar-refractivity contribution in [2.24, 2.45) is 0 Å². The summed E-state index contributed by atoms with van der Waals surface area (Å²) in [4.78, 5) is 6.04. The van der Waals surface area contributed by atoms with E-state index in [0.29, 0.717) is 24.4 Å². The Balaban J connectivity index is 2.08. The first kappa shape index (κ1) is 12.5. The van der Waals surface area contributed by atoms with Gasteiger partial charge in [-0.3, -0.25) is 0 Å². The maximum atomic E-state index is 12.7. The fraction of sp³-hybridized carbons (Fsp3) is 0.455. The molecule has 1 aliphatic heterocycles. The van der Waals surface area contributed by atoms with Crippen molar-refractivity contribution < 1.29 is 13.2 Å².